The molecule has 2 N–H and O–H groups in total. The molecular formula is C63H131NOS. The van der Waals surface area contributed by atoms with Crippen molar-refractivity contribution in [1.29, 1.82) is 0 Å². The van der Waals surface area contributed by atoms with Gasteiger partial charge in [-0.25, -0.2) is 0 Å². The normalized spacial score (nSPS) is 8.86. The maximum absolute atomic E-state index is 8.06. The highest BCUT2D eigenvalue weighted by Crippen LogP contribution is 2.17. The predicted molar refractivity (Wildman–Crippen MR) is 327 cm³/mol. The van der Waals surface area contributed by atoms with E-state index in [1.54, 1.807) is 13.8 Å². The Bertz CT molecular complexity index is 1250. The molecule has 0 saturated carbocycles. The highest BCUT2D eigenvalue weighted by atomic mass is 32.2. The molecule has 400 valence electrons. The van der Waals surface area contributed by atoms with E-state index in [0.717, 1.165) is 42.3 Å². The van der Waals surface area contributed by atoms with Crippen molar-refractivity contribution in [1.82, 2.24) is 4.98 Å². The lowest BCUT2D eigenvalue weighted by Gasteiger charge is -1.98. The molecule has 1 unspecified atom stereocenters. The number of H-pyrrole nitrogens is 1. The van der Waals surface area contributed by atoms with Crippen molar-refractivity contribution in [2.45, 2.75) is 266 Å². The summed E-state index contributed by atoms with van der Waals surface area (Å²) in [6.45, 7) is 48.9. The molecule has 0 aliphatic carbocycles. The number of rotatable bonds is 8. The van der Waals surface area contributed by atoms with Crippen LogP contribution in [-0.4, -0.2) is 27.7 Å². The van der Waals surface area contributed by atoms with Gasteiger partial charge in [0.25, 0.3) is 0 Å². The first-order valence-corrected chi connectivity index (χ1v) is 26.0. The van der Waals surface area contributed by atoms with Gasteiger partial charge in [-0.1, -0.05) is 286 Å². The Balaban J connectivity index is -0.0000000497. The van der Waals surface area contributed by atoms with Gasteiger partial charge in [0.2, 0.25) is 0 Å². The van der Waals surface area contributed by atoms with Gasteiger partial charge in [-0.2, -0.15) is 11.8 Å². The van der Waals surface area contributed by atoms with Crippen molar-refractivity contribution in [3.63, 3.8) is 0 Å². The zero-order chi connectivity index (χ0) is 49.0. The second-order valence-corrected chi connectivity index (χ2v) is 17.8. The molecule has 2 nitrogen and oxygen atoms in total. The zero-order valence-electron chi connectivity index (χ0n) is 45.7. The number of thioether (sulfide) groups is 1. The summed E-state index contributed by atoms with van der Waals surface area (Å²) >= 11 is 1.92. The molecule has 66 heavy (non-hydrogen) atoms. The Morgan fingerprint density at radius 1 is 0.500 bits per heavy atom. The molecule has 0 spiro atoms. The summed E-state index contributed by atoms with van der Waals surface area (Å²) in [4.78, 5) is 3.24. The van der Waals surface area contributed by atoms with E-state index < -0.39 is 0 Å². The standard InChI is InChI=1S/C10H11N.C9H12.C8H10.C5H12S.2C5H12.2C4H10.C3H8O.C3H8.C2H6.5CH4/c1-2-8-7-11-10-6-4-3-5-9(8)10;1-3-9-6-4-8(2)5-7-9;1-2-8-6-4-3-5-7-8;1-4-5(2)6-3;2*1-4-5(2)3;1-4(2)3;1-3-4-2;1-3(2)4;1-3-2;1-2;;;;;/h3-7,11H,2H2,1H3;4-7H,3H2,1-2H3;3-7H,2H2,1H3;5H,4H2,1-3H3;2*5H,4H2,1-3H3;4H,1-3H3;3-4H2,1-2H3;3-4H,1-2H3;3H2,1-2H3;1-2H3;5*1H4. The number of fused-ring (bicyclic) bond motifs is 1. The van der Waals surface area contributed by atoms with Crippen molar-refractivity contribution >= 4 is 22.7 Å². The Hall–Kier alpha value is -2.49. The van der Waals surface area contributed by atoms with E-state index >= 15 is 0 Å². The van der Waals surface area contributed by atoms with Crippen LogP contribution in [0.4, 0.5) is 0 Å². The Morgan fingerprint density at radius 2 is 0.818 bits per heavy atom. The molecule has 3 heteroatoms. The maximum atomic E-state index is 8.06. The van der Waals surface area contributed by atoms with E-state index in [1.165, 1.54) is 71.7 Å². The fourth-order valence-corrected chi connectivity index (χ4v) is 3.46. The summed E-state index contributed by atoms with van der Waals surface area (Å²) in [6.07, 6.45) is 15.2. The molecule has 1 heterocycles. The van der Waals surface area contributed by atoms with Crippen molar-refractivity contribution in [3.8, 4) is 0 Å². The fraction of sp³-hybridized carbons (Fsp3) is 0.683. The number of unbranched alkanes of at least 4 members (excludes halogenated alkanes) is 1. The summed E-state index contributed by atoms with van der Waals surface area (Å²) in [6, 6.07) is 27.5. The highest BCUT2D eigenvalue weighted by Gasteiger charge is 1.98. The van der Waals surface area contributed by atoms with Crippen LogP contribution in [0.5, 0.6) is 0 Å². The molecule has 3 aromatic carbocycles. The maximum Gasteiger partial charge on any atom is 0.0483 e. The van der Waals surface area contributed by atoms with E-state index in [4.69, 9.17) is 5.11 Å². The number of aliphatic hydroxyl groups excluding tert-OH is 1. The monoisotopic (exact) mass is 950 g/mol. The first-order valence-electron chi connectivity index (χ1n) is 24.7. The van der Waals surface area contributed by atoms with Crippen molar-refractivity contribution in [2.24, 2.45) is 17.8 Å². The lowest BCUT2D eigenvalue weighted by atomic mass is 10.1. The van der Waals surface area contributed by atoms with E-state index in [0.29, 0.717) is 0 Å². The number of hydrogen-bond acceptors (Lipinski definition) is 2. The van der Waals surface area contributed by atoms with Gasteiger partial charge in [0.05, 0.1) is 0 Å². The van der Waals surface area contributed by atoms with Crippen LogP contribution < -0.4 is 0 Å². The minimum Gasteiger partial charge on any atom is -0.394 e. The number of aromatic nitrogens is 1. The Labute approximate surface area is 427 Å². The Morgan fingerprint density at radius 3 is 1.06 bits per heavy atom. The van der Waals surface area contributed by atoms with Gasteiger partial charge in [-0.05, 0) is 93.2 Å². The molecule has 0 saturated heterocycles. The van der Waals surface area contributed by atoms with Crippen LogP contribution >= 0.6 is 11.8 Å². The molecule has 0 bridgehead atoms. The summed E-state index contributed by atoms with van der Waals surface area (Å²) in [7, 11) is 0. The lowest BCUT2D eigenvalue weighted by Crippen LogP contribution is -1.87. The van der Waals surface area contributed by atoms with Crippen LogP contribution in [0.2, 0.25) is 0 Å². The molecule has 1 atom stereocenters. The molecule has 1 aromatic heterocycles. The van der Waals surface area contributed by atoms with Gasteiger partial charge >= 0.3 is 0 Å². The minimum atomic E-state index is -0.167. The van der Waals surface area contributed by atoms with Crippen LogP contribution in [0.15, 0.2) is 85.1 Å². The summed E-state index contributed by atoms with van der Waals surface area (Å²) in [5.41, 5.74) is 6.81. The quantitative estimate of drug-likeness (QED) is 0.185. The van der Waals surface area contributed by atoms with Gasteiger partial charge in [0, 0.05) is 28.5 Å². The van der Waals surface area contributed by atoms with Gasteiger partial charge in [0.15, 0.2) is 0 Å². The largest absolute Gasteiger partial charge is 0.394 e. The van der Waals surface area contributed by atoms with Crippen LogP contribution in [0.3, 0.4) is 0 Å². The molecular weight excluding hydrogens is 819 g/mol. The third-order valence-corrected chi connectivity index (χ3v) is 9.08. The average Bonchev–Trinajstić information content (AvgIpc) is 3.69. The van der Waals surface area contributed by atoms with Crippen molar-refractivity contribution < 1.29 is 5.11 Å². The van der Waals surface area contributed by atoms with Crippen LogP contribution in [0.25, 0.3) is 10.9 Å². The number of aromatic amines is 1. The van der Waals surface area contributed by atoms with Crippen molar-refractivity contribution in [2.75, 3.05) is 6.26 Å². The molecule has 0 radical (unpaired) electrons. The number of benzene rings is 3. The molecule has 0 aliphatic rings. The van der Waals surface area contributed by atoms with Gasteiger partial charge in [-0.3, -0.25) is 0 Å². The van der Waals surface area contributed by atoms with Crippen LogP contribution in [-0.2, 0) is 19.3 Å². The van der Waals surface area contributed by atoms with Gasteiger partial charge < -0.3 is 10.1 Å². The number of hydrogen-bond donors (Lipinski definition) is 2. The number of para-hydroxylation sites is 1. The number of nitrogens with one attached hydrogen (secondary N) is 1. The minimum absolute atomic E-state index is 0. The second kappa shape index (κ2) is 76.8. The van der Waals surface area contributed by atoms with E-state index in [1.807, 2.05) is 31.7 Å². The molecule has 0 amide bonds. The van der Waals surface area contributed by atoms with Crippen LogP contribution in [0.1, 0.15) is 250 Å². The van der Waals surface area contributed by atoms with Crippen LogP contribution in [0, 0.1) is 24.7 Å². The molecule has 0 aliphatic heterocycles. The first-order chi connectivity index (χ1) is 28.8. The molecule has 4 rings (SSSR count). The number of aryl methyl sites for hydroxylation is 4. The third kappa shape index (κ3) is 88.3. The topological polar surface area (TPSA) is 36.0 Å². The van der Waals surface area contributed by atoms with Crippen molar-refractivity contribution in [3.05, 3.63) is 107 Å². The summed E-state index contributed by atoms with van der Waals surface area (Å²) in [5, 5.41) is 10.3. The molecule has 4 aromatic rings. The average molecular weight is 951 g/mol. The molecule has 0 fully saturated rings. The summed E-state index contributed by atoms with van der Waals surface area (Å²) < 4.78 is 0. The SMILES string of the molecule is C.C.C.C.C.CC.CC(C)C.CC(C)O.CCC.CCC(C)C.CCC(C)C.CCC(C)SC.CCCC.CCc1c[nH]c2ccccc12.CCc1ccc(C)cc1.CCc1ccccc1. The Kier molecular flexibility index (Phi) is 109. The van der Waals surface area contributed by atoms with E-state index in [2.05, 4.69) is 222 Å². The fourth-order valence-electron chi connectivity index (χ4n) is 3.13. The van der Waals surface area contributed by atoms with E-state index in [9.17, 15) is 0 Å². The predicted octanol–water partition coefficient (Wildman–Crippen LogP) is 23.3. The summed E-state index contributed by atoms with van der Waals surface area (Å²) in [5.74, 6) is 2.60. The zero-order valence-corrected chi connectivity index (χ0v) is 46.5. The first kappa shape index (κ1) is 93.5. The second-order valence-electron chi connectivity index (χ2n) is 16.5. The smallest absolute Gasteiger partial charge is 0.0483 e. The lowest BCUT2D eigenvalue weighted by molar-refractivity contribution is 0.216. The van der Waals surface area contributed by atoms with Gasteiger partial charge in [-0.15, -0.1) is 0 Å². The van der Waals surface area contributed by atoms with Gasteiger partial charge in [0.1, 0.15) is 0 Å². The number of aliphatic hydroxyl groups is 1. The third-order valence-electron chi connectivity index (χ3n) is 7.95. The van der Waals surface area contributed by atoms with E-state index in [-0.39, 0.29) is 43.2 Å². The highest BCUT2D eigenvalue weighted by molar-refractivity contribution is 7.99.